The number of aromatic nitrogens is 2. The number of rotatable bonds is 7. The minimum absolute atomic E-state index is 0.000428. The van der Waals surface area contributed by atoms with E-state index < -0.39 is 29.9 Å². The van der Waals surface area contributed by atoms with Crippen LogP contribution in [-0.4, -0.2) is 39.3 Å². The number of ketones is 1. The second-order valence-corrected chi connectivity index (χ2v) is 8.61. The van der Waals surface area contributed by atoms with Crippen LogP contribution in [0.2, 0.25) is 0 Å². The lowest BCUT2D eigenvalue weighted by molar-refractivity contribution is 0.0330. The maximum absolute atomic E-state index is 13.7. The Morgan fingerprint density at radius 2 is 1.37 bits per heavy atom. The number of carbonyl (C=O) groups excluding carboxylic acids is 3. The third-order valence-electron chi connectivity index (χ3n) is 5.30. The molecule has 0 aliphatic heterocycles. The first kappa shape index (κ1) is 23.9. The monoisotopic (exact) mass is 470 g/mol. The van der Waals surface area contributed by atoms with E-state index in [0.717, 1.165) is 11.1 Å². The SMILES string of the molecule is CC(C)OC(=O)c1c(C(=O)OC(C)C)c2cc(-c3ccncc3)ccn2c1C(=O)c1ccccc1. The maximum Gasteiger partial charge on any atom is 0.341 e. The maximum atomic E-state index is 13.7. The van der Waals surface area contributed by atoms with Gasteiger partial charge < -0.3 is 13.9 Å². The summed E-state index contributed by atoms with van der Waals surface area (Å²) < 4.78 is 12.5. The molecule has 0 saturated heterocycles. The Morgan fingerprint density at radius 1 is 0.771 bits per heavy atom. The van der Waals surface area contributed by atoms with Crippen LogP contribution in [0.4, 0.5) is 0 Å². The zero-order valence-electron chi connectivity index (χ0n) is 20.0. The van der Waals surface area contributed by atoms with Gasteiger partial charge in [0.05, 0.1) is 17.7 Å². The highest BCUT2D eigenvalue weighted by molar-refractivity contribution is 6.20. The van der Waals surface area contributed by atoms with Crippen molar-refractivity contribution in [3.8, 4) is 11.1 Å². The molecule has 0 unspecified atom stereocenters. The van der Waals surface area contributed by atoms with Crippen LogP contribution in [-0.2, 0) is 9.47 Å². The van der Waals surface area contributed by atoms with Gasteiger partial charge in [-0.15, -0.1) is 0 Å². The van der Waals surface area contributed by atoms with Gasteiger partial charge in [0.1, 0.15) is 16.8 Å². The first-order chi connectivity index (χ1) is 16.8. The lowest BCUT2D eigenvalue weighted by Crippen LogP contribution is -2.20. The fraction of sp³-hybridized carbons (Fsp3) is 0.214. The molecular weight excluding hydrogens is 444 g/mol. The van der Waals surface area contributed by atoms with Crippen LogP contribution in [0.15, 0.2) is 73.2 Å². The second-order valence-electron chi connectivity index (χ2n) is 8.61. The first-order valence-corrected chi connectivity index (χ1v) is 11.4. The average Bonchev–Trinajstić information content (AvgIpc) is 3.18. The van der Waals surface area contributed by atoms with Crippen molar-refractivity contribution in [3.05, 3.63) is 95.6 Å². The molecule has 0 amide bonds. The molecule has 35 heavy (non-hydrogen) atoms. The van der Waals surface area contributed by atoms with Gasteiger partial charge in [0, 0.05) is 24.2 Å². The lowest BCUT2D eigenvalue weighted by atomic mass is 10.0. The molecule has 0 saturated carbocycles. The molecule has 0 fully saturated rings. The minimum Gasteiger partial charge on any atom is -0.459 e. The van der Waals surface area contributed by atoms with E-state index in [1.165, 1.54) is 0 Å². The van der Waals surface area contributed by atoms with E-state index in [1.54, 1.807) is 87.1 Å². The Hall–Kier alpha value is -4.26. The predicted molar refractivity (Wildman–Crippen MR) is 132 cm³/mol. The van der Waals surface area contributed by atoms with Gasteiger partial charge in [0.2, 0.25) is 5.78 Å². The molecule has 7 nitrogen and oxygen atoms in total. The zero-order chi connectivity index (χ0) is 25.1. The van der Waals surface area contributed by atoms with E-state index in [2.05, 4.69) is 4.98 Å². The molecule has 3 aromatic heterocycles. The van der Waals surface area contributed by atoms with Gasteiger partial charge >= 0.3 is 11.9 Å². The van der Waals surface area contributed by atoms with Crippen molar-refractivity contribution in [1.29, 1.82) is 0 Å². The number of benzene rings is 1. The number of esters is 2. The van der Waals surface area contributed by atoms with Crippen molar-refractivity contribution in [1.82, 2.24) is 9.38 Å². The summed E-state index contributed by atoms with van der Waals surface area (Å²) in [7, 11) is 0. The van der Waals surface area contributed by atoms with Crippen molar-refractivity contribution >= 4 is 23.2 Å². The van der Waals surface area contributed by atoms with Crippen molar-refractivity contribution in [2.24, 2.45) is 0 Å². The van der Waals surface area contributed by atoms with Crippen LogP contribution in [0, 0.1) is 0 Å². The van der Waals surface area contributed by atoms with E-state index in [0.29, 0.717) is 11.1 Å². The summed E-state index contributed by atoms with van der Waals surface area (Å²) in [5.41, 5.74) is 2.36. The summed E-state index contributed by atoms with van der Waals surface area (Å²) in [6.07, 6.45) is 4.14. The van der Waals surface area contributed by atoms with E-state index in [-0.39, 0.29) is 16.8 Å². The van der Waals surface area contributed by atoms with Gasteiger partial charge in [-0.3, -0.25) is 9.78 Å². The average molecular weight is 471 g/mol. The number of ether oxygens (including phenoxy) is 2. The van der Waals surface area contributed by atoms with E-state index in [9.17, 15) is 14.4 Å². The number of pyridine rings is 2. The van der Waals surface area contributed by atoms with Crippen molar-refractivity contribution in [2.75, 3.05) is 0 Å². The Labute approximate surface area is 203 Å². The predicted octanol–water partition coefficient (Wildman–Crippen LogP) is 5.36. The number of carbonyl (C=O) groups is 3. The van der Waals surface area contributed by atoms with Crippen LogP contribution >= 0.6 is 0 Å². The highest BCUT2D eigenvalue weighted by Crippen LogP contribution is 2.31. The molecule has 178 valence electrons. The molecule has 7 heteroatoms. The highest BCUT2D eigenvalue weighted by atomic mass is 16.5. The Balaban J connectivity index is 2.05. The molecule has 4 rings (SSSR count). The fourth-order valence-corrected chi connectivity index (χ4v) is 3.88. The van der Waals surface area contributed by atoms with E-state index in [1.807, 2.05) is 18.2 Å². The second kappa shape index (κ2) is 9.93. The molecule has 1 aromatic carbocycles. The number of hydrogen-bond donors (Lipinski definition) is 0. The summed E-state index contributed by atoms with van der Waals surface area (Å²) in [5.74, 6) is -1.87. The van der Waals surface area contributed by atoms with Gasteiger partial charge in [-0.2, -0.15) is 0 Å². The van der Waals surface area contributed by atoms with Crippen molar-refractivity contribution in [2.45, 2.75) is 39.9 Å². The number of hydrogen-bond acceptors (Lipinski definition) is 6. The molecule has 0 aliphatic rings. The Kier molecular flexibility index (Phi) is 6.78. The standard InChI is InChI=1S/C28H26N2O5/c1-17(2)34-27(32)23-22-16-21(19-10-13-29-14-11-19)12-15-30(22)25(24(23)28(33)35-18(3)4)26(31)20-8-6-5-7-9-20/h5-18H,1-4H3. The van der Waals surface area contributed by atoms with Crippen LogP contribution < -0.4 is 0 Å². The highest BCUT2D eigenvalue weighted by Gasteiger charge is 2.34. The van der Waals surface area contributed by atoms with E-state index >= 15 is 0 Å². The summed E-state index contributed by atoms with van der Waals surface area (Å²) in [6.45, 7) is 6.86. The Morgan fingerprint density at radius 3 is 1.97 bits per heavy atom. The molecule has 0 bridgehead atoms. The number of fused-ring (bicyclic) bond motifs is 1. The quantitative estimate of drug-likeness (QED) is 0.267. The van der Waals surface area contributed by atoms with Crippen LogP contribution in [0.3, 0.4) is 0 Å². The number of nitrogens with zero attached hydrogens (tertiary/aromatic N) is 2. The summed E-state index contributed by atoms with van der Waals surface area (Å²) in [5, 5.41) is 0. The van der Waals surface area contributed by atoms with Gasteiger partial charge in [0.25, 0.3) is 0 Å². The Bertz CT molecular complexity index is 1390. The van der Waals surface area contributed by atoms with Gasteiger partial charge in [-0.25, -0.2) is 9.59 Å². The zero-order valence-corrected chi connectivity index (χ0v) is 20.0. The van der Waals surface area contributed by atoms with Crippen LogP contribution in [0.1, 0.15) is 64.5 Å². The summed E-state index contributed by atoms with van der Waals surface area (Å²) >= 11 is 0. The van der Waals surface area contributed by atoms with Crippen molar-refractivity contribution < 1.29 is 23.9 Å². The topological polar surface area (TPSA) is 87.0 Å². The molecule has 4 aromatic rings. The fourth-order valence-electron chi connectivity index (χ4n) is 3.88. The van der Waals surface area contributed by atoms with Crippen LogP contribution in [0.5, 0.6) is 0 Å². The summed E-state index contributed by atoms with van der Waals surface area (Å²) in [6, 6.07) is 15.9. The van der Waals surface area contributed by atoms with Gasteiger partial charge in [-0.1, -0.05) is 30.3 Å². The minimum atomic E-state index is -0.760. The molecule has 0 spiro atoms. The third kappa shape index (κ3) is 4.84. The van der Waals surface area contributed by atoms with Crippen molar-refractivity contribution in [3.63, 3.8) is 0 Å². The molecule has 3 heterocycles. The molecular formula is C28H26N2O5. The van der Waals surface area contributed by atoms with E-state index in [4.69, 9.17) is 9.47 Å². The molecule has 0 aliphatic carbocycles. The van der Waals surface area contributed by atoms with Gasteiger partial charge in [0.15, 0.2) is 0 Å². The molecule has 0 N–H and O–H groups in total. The third-order valence-corrected chi connectivity index (χ3v) is 5.30. The lowest BCUT2D eigenvalue weighted by Gasteiger charge is -2.12. The van der Waals surface area contributed by atoms with Crippen LogP contribution in [0.25, 0.3) is 16.6 Å². The van der Waals surface area contributed by atoms with Gasteiger partial charge in [-0.05, 0) is 63.1 Å². The molecule has 0 radical (unpaired) electrons. The largest absolute Gasteiger partial charge is 0.459 e. The molecule has 0 atom stereocenters. The smallest absolute Gasteiger partial charge is 0.341 e. The summed E-state index contributed by atoms with van der Waals surface area (Å²) in [4.78, 5) is 44.4. The first-order valence-electron chi connectivity index (χ1n) is 11.4. The normalized spacial score (nSPS) is 11.1.